The van der Waals surface area contributed by atoms with Crippen molar-refractivity contribution in [2.45, 2.75) is 64.6 Å². The summed E-state index contributed by atoms with van der Waals surface area (Å²) in [7, 11) is 2.20. The van der Waals surface area contributed by atoms with E-state index in [-0.39, 0.29) is 0 Å². The first kappa shape index (κ1) is 15.8. The van der Waals surface area contributed by atoms with Crippen LogP contribution in [-0.2, 0) is 13.0 Å². The van der Waals surface area contributed by atoms with Gasteiger partial charge < -0.3 is 15.2 Å². The molecule has 0 spiro atoms. The van der Waals surface area contributed by atoms with Gasteiger partial charge in [0.05, 0.1) is 5.69 Å². The number of H-pyrrole nitrogens is 1. The molecule has 0 aromatic carbocycles. The van der Waals surface area contributed by atoms with E-state index in [1.54, 1.807) is 0 Å². The first-order valence-electron chi connectivity index (χ1n) is 7.77. The Morgan fingerprint density at radius 2 is 2.30 bits per heavy atom. The molecule has 1 aromatic heterocycles. The summed E-state index contributed by atoms with van der Waals surface area (Å²) in [5.41, 5.74) is 1.03. The van der Waals surface area contributed by atoms with E-state index in [1.165, 1.54) is 19.3 Å². The van der Waals surface area contributed by atoms with Crippen LogP contribution in [0, 0.1) is 0 Å². The van der Waals surface area contributed by atoms with E-state index in [9.17, 15) is 0 Å². The molecule has 0 saturated carbocycles. The van der Waals surface area contributed by atoms with E-state index >= 15 is 0 Å². The maximum atomic E-state index is 6.20. The van der Waals surface area contributed by atoms with Crippen molar-refractivity contribution in [1.29, 1.82) is 0 Å². The van der Waals surface area contributed by atoms with Crippen LogP contribution >= 0.6 is 11.6 Å². The molecule has 0 radical (unpaired) electrons. The first-order chi connectivity index (χ1) is 9.60. The molecule has 1 saturated heterocycles. The molecule has 0 amide bonds. The molecule has 2 atom stereocenters. The summed E-state index contributed by atoms with van der Waals surface area (Å²) in [6.07, 6.45) is 5.73. The number of nitrogens with zero attached hydrogens (tertiary/aromatic N) is 2. The molecule has 2 N–H and O–H groups in total. The lowest BCUT2D eigenvalue weighted by atomic mass is 9.99. The van der Waals surface area contributed by atoms with Crippen molar-refractivity contribution in [3.8, 4) is 0 Å². The van der Waals surface area contributed by atoms with Gasteiger partial charge in [-0.3, -0.25) is 0 Å². The van der Waals surface area contributed by atoms with Gasteiger partial charge in [-0.25, -0.2) is 4.98 Å². The minimum Gasteiger partial charge on any atom is -0.344 e. The van der Waals surface area contributed by atoms with Gasteiger partial charge in [0.15, 0.2) is 5.15 Å². The summed E-state index contributed by atoms with van der Waals surface area (Å²) in [6.45, 7) is 6.44. The van der Waals surface area contributed by atoms with Gasteiger partial charge in [-0.05, 0) is 39.8 Å². The van der Waals surface area contributed by atoms with Gasteiger partial charge in [0.1, 0.15) is 5.82 Å². The fourth-order valence-corrected chi connectivity index (χ4v) is 2.96. The van der Waals surface area contributed by atoms with E-state index in [2.05, 4.69) is 41.1 Å². The summed E-state index contributed by atoms with van der Waals surface area (Å²) in [5.74, 6) is 1.02. The molecule has 20 heavy (non-hydrogen) atoms. The smallest absolute Gasteiger partial charge is 0.151 e. The predicted octanol–water partition coefficient (Wildman–Crippen LogP) is 2.98. The fourth-order valence-electron chi connectivity index (χ4n) is 2.74. The van der Waals surface area contributed by atoms with Crippen LogP contribution in [0.25, 0.3) is 0 Å². The number of hydrogen-bond donors (Lipinski definition) is 2. The number of imidazole rings is 1. The summed E-state index contributed by atoms with van der Waals surface area (Å²) < 4.78 is 0. The summed E-state index contributed by atoms with van der Waals surface area (Å²) >= 11 is 6.20. The van der Waals surface area contributed by atoms with E-state index in [1.807, 2.05) is 0 Å². The molecule has 0 aliphatic carbocycles. The number of unbranched alkanes of at least 4 members (excludes halogenated alkanes) is 1. The van der Waals surface area contributed by atoms with Crippen LogP contribution in [0.5, 0.6) is 0 Å². The number of aryl methyl sites for hydroxylation is 1. The van der Waals surface area contributed by atoms with Crippen LogP contribution in [0.1, 0.15) is 51.0 Å². The maximum absolute atomic E-state index is 6.20. The lowest BCUT2D eigenvalue weighted by Gasteiger charge is -2.35. The molecule has 1 aromatic rings. The van der Waals surface area contributed by atoms with Crippen LogP contribution in [0.15, 0.2) is 0 Å². The predicted molar refractivity (Wildman–Crippen MR) is 84.2 cm³/mol. The van der Waals surface area contributed by atoms with Crippen molar-refractivity contribution in [2.75, 3.05) is 13.6 Å². The Balaban J connectivity index is 1.83. The SMILES string of the molecule is CCCCc1nc(Cl)c(CNC2CCN(C)C(C)C2)[nH]1. The topological polar surface area (TPSA) is 44.0 Å². The summed E-state index contributed by atoms with van der Waals surface area (Å²) in [4.78, 5) is 10.2. The van der Waals surface area contributed by atoms with Gasteiger partial charge in [0.25, 0.3) is 0 Å². The Bertz CT molecular complexity index is 418. The lowest BCUT2D eigenvalue weighted by Crippen LogP contribution is -2.45. The number of nitrogens with one attached hydrogen (secondary N) is 2. The van der Waals surface area contributed by atoms with Crippen molar-refractivity contribution in [3.63, 3.8) is 0 Å². The second-order valence-electron chi connectivity index (χ2n) is 5.99. The zero-order chi connectivity index (χ0) is 14.5. The third-order valence-corrected chi connectivity index (χ3v) is 4.63. The van der Waals surface area contributed by atoms with E-state index in [4.69, 9.17) is 11.6 Å². The van der Waals surface area contributed by atoms with Gasteiger partial charge in [0, 0.05) is 25.0 Å². The molecular formula is C15H27ClN4. The van der Waals surface area contributed by atoms with Crippen LogP contribution in [0.4, 0.5) is 0 Å². The molecule has 2 rings (SSSR count). The third-order valence-electron chi connectivity index (χ3n) is 4.32. The van der Waals surface area contributed by atoms with Gasteiger partial charge in [-0.2, -0.15) is 0 Å². The highest BCUT2D eigenvalue weighted by molar-refractivity contribution is 6.30. The van der Waals surface area contributed by atoms with Gasteiger partial charge in [-0.1, -0.05) is 24.9 Å². The molecule has 4 nitrogen and oxygen atoms in total. The molecule has 114 valence electrons. The quantitative estimate of drug-likeness (QED) is 0.848. The molecule has 2 heterocycles. The van der Waals surface area contributed by atoms with Gasteiger partial charge in [-0.15, -0.1) is 0 Å². The van der Waals surface area contributed by atoms with Crippen LogP contribution in [0.3, 0.4) is 0 Å². The first-order valence-corrected chi connectivity index (χ1v) is 8.14. The van der Waals surface area contributed by atoms with Crippen LogP contribution in [-0.4, -0.2) is 40.5 Å². The number of aromatic nitrogens is 2. The summed E-state index contributed by atoms with van der Waals surface area (Å²) in [5, 5.41) is 4.25. The molecule has 0 bridgehead atoms. The molecule has 5 heteroatoms. The molecule has 2 unspecified atom stereocenters. The van der Waals surface area contributed by atoms with Crippen molar-refractivity contribution in [2.24, 2.45) is 0 Å². The monoisotopic (exact) mass is 298 g/mol. The molecule has 1 aliphatic heterocycles. The van der Waals surface area contributed by atoms with Crippen molar-refractivity contribution >= 4 is 11.6 Å². The van der Waals surface area contributed by atoms with E-state index in [0.29, 0.717) is 17.2 Å². The molecular weight excluding hydrogens is 272 g/mol. The number of likely N-dealkylation sites (tertiary alicyclic amines) is 1. The highest BCUT2D eigenvalue weighted by Gasteiger charge is 2.22. The Kier molecular flexibility index (Phi) is 5.87. The fraction of sp³-hybridized carbons (Fsp3) is 0.800. The second-order valence-corrected chi connectivity index (χ2v) is 6.35. The highest BCUT2D eigenvalue weighted by Crippen LogP contribution is 2.18. The van der Waals surface area contributed by atoms with Crippen LogP contribution < -0.4 is 5.32 Å². The number of aromatic amines is 1. The summed E-state index contributed by atoms with van der Waals surface area (Å²) in [6, 6.07) is 1.23. The third kappa shape index (κ3) is 4.21. The molecule has 1 fully saturated rings. The maximum Gasteiger partial charge on any atom is 0.151 e. The number of piperidine rings is 1. The Morgan fingerprint density at radius 3 is 3.00 bits per heavy atom. The van der Waals surface area contributed by atoms with Gasteiger partial charge in [0.2, 0.25) is 0 Å². The van der Waals surface area contributed by atoms with Crippen molar-refractivity contribution in [1.82, 2.24) is 20.2 Å². The zero-order valence-electron chi connectivity index (χ0n) is 12.9. The molecule has 1 aliphatic rings. The average molecular weight is 299 g/mol. The largest absolute Gasteiger partial charge is 0.344 e. The number of halogens is 1. The Labute approximate surface area is 127 Å². The standard InChI is InChI=1S/C15H27ClN4/c1-4-5-6-14-18-13(15(16)19-14)10-17-12-7-8-20(3)11(2)9-12/h11-12,17H,4-10H2,1-3H3,(H,18,19). The van der Waals surface area contributed by atoms with Gasteiger partial charge >= 0.3 is 0 Å². The van der Waals surface area contributed by atoms with E-state index in [0.717, 1.165) is 37.4 Å². The van der Waals surface area contributed by atoms with Crippen LogP contribution in [0.2, 0.25) is 5.15 Å². The normalized spacial score (nSPS) is 24.2. The van der Waals surface area contributed by atoms with E-state index < -0.39 is 0 Å². The second kappa shape index (κ2) is 7.43. The Hall–Kier alpha value is -0.580. The lowest BCUT2D eigenvalue weighted by molar-refractivity contribution is 0.168. The minimum atomic E-state index is 0.583. The number of rotatable bonds is 6. The van der Waals surface area contributed by atoms with Crippen molar-refractivity contribution < 1.29 is 0 Å². The highest BCUT2D eigenvalue weighted by atomic mass is 35.5. The average Bonchev–Trinajstić information content (AvgIpc) is 2.78. The minimum absolute atomic E-state index is 0.583. The van der Waals surface area contributed by atoms with Crippen molar-refractivity contribution in [3.05, 3.63) is 16.7 Å². The Morgan fingerprint density at radius 1 is 1.50 bits per heavy atom. The zero-order valence-corrected chi connectivity index (χ0v) is 13.6. The number of hydrogen-bond acceptors (Lipinski definition) is 3.